The summed E-state index contributed by atoms with van der Waals surface area (Å²) in [4.78, 5) is 4.80. The standard InChI is InChI=1S/C17H30N4O/c1-6-22-14-10-13(17(14,4)5)18-12-8-7-9-21-16(12)19-15(20-21)11(2)3/h11-14,18H,6-10H2,1-5H3/t12-,13+,14-/m1/s1. The summed E-state index contributed by atoms with van der Waals surface area (Å²) >= 11 is 0. The lowest BCUT2D eigenvalue weighted by Gasteiger charge is -2.53. The van der Waals surface area contributed by atoms with Gasteiger partial charge in [0.15, 0.2) is 5.82 Å². The van der Waals surface area contributed by atoms with Crippen LogP contribution >= 0.6 is 0 Å². The molecule has 1 saturated carbocycles. The third kappa shape index (κ3) is 2.69. The largest absolute Gasteiger partial charge is 0.378 e. The van der Waals surface area contributed by atoms with Crippen molar-refractivity contribution < 1.29 is 4.74 Å². The maximum absolute atomic E-state index is 5.84. The zero-order chi connectivity index (χ0) is 15.9. The molecule has 2 aliphatic rings. The molecule has 3 rings (SSSR count). The summed E-state index contributed by atoms with van der Waals surface area (Å²) < 4.78 is 7.96. The Morgan fingerprint density at radius 1 is 1.41 bits per heavy atom. The molecule has 0 amide bonds. The van der Waals surface area contributed by atoms with Gasteiger partial charge in [-0.25, -0.2) is 9.67 Å². The lowest BCUT2D eigenvalue weighted by molar-refractivity contribution is -0.117. The van der Waals surface area contributed by atoms with E-state index in [0.29, 0.717) is 24.1 Å². The first kappa shape index (κ1) is 15.9. The van der Waals surface area contributed by atoms with Crippen LogP contribution in [0.3, 0.4) is 0 Å². The van der Waals surface area contributed by atoms with Gasteiger partial charge in [0.1, 0.15) is 5.82 Å². The molecule has 1 N–H and O–H groups in total. The maximum atomic E-state index is 5.84. The van der Waals surface area contributed by atoms with Crippen LogP contribution in [0.2, 0.25) is 0 Å². The van der Waals surface area contributed by atoms with Crippen molar-refractivity contribution in [2.45, 2.75) is 84.5 Å². The number of rotatable bonds is 5. The molecule has 0 aromatic carbocycles. The van der Waals surface area contributed by atoms with Gasteiger partial charge in [0.2, 0.25) is 0 Å². The molecule has 0 saturated heterocycles. The lowest BCUT2D eigenvalue weighted by Crippen LogP contribution is -2.61. The quantitative estimate of drug-likeness (QED) is 0.908. The van der Waals surface area contributed by atoms with Gasteiger partial charge in [-0.3, -0.25) is 0 Å². The highest BCUT2D eigenvalue weighted by Crippen LogP contribution is 2.44. The summed E-state index contributed by atoms with van der Waals surface area (Å²) in [7, 11) is 0. The highest BCUT2D eigenvalue weighted by molar-refractivity contribution is 5.09. The second-order valence-corrected chi connectivity index (χ2v) is 7.62. The van der Waals surface area contributed by atoms with Gasteiger partial charge in [-0.15, -0.1) is 0 Å². The Kier molecular flexibility index (Phi) is 4.29. The molecule has 1 aromatic heterocycles. The van der Waals surface area contributed by atoms with Crippen LogP contribution in [0.15, 0.2) is 0 Å². The number of hydrogen-bond donors (Lipinski definition) is 1. The Balaban J connectivity index is 1.70. The van der Waals surface area contributed by atoms with Crippen LogP contribution in [-0.2, 0) is 11.3 Å². The molecule has 3 atom stereocenters. The van der Waals surface area contributed by atoms with Crippen molar-refractivity contribution in [1.29, 1.82) is 0 Å². The first-order valence-corrected chi connectivity index (χ1v) is 8.75. The van der Waals surface area contributed by atoms with Crippen molar-refractivity contribution in [3.8, 4) is 0 Å². The molecular weight excluding hydrogens is 276 g/mol. The van der Waals surface area contributed by atoms with Crippen LogP contribution < -0.4 is 5.32 Å². The molecule has 2 heterocycles. The van der Waals surface area contributed by atoms with Crippen molar-refractivity contribution >= 4 is 0 Å². The van der Waals surface area contributed by atoms with E-state index in [1.165, 1.54) is 6.42 Å². The highest BCUT2D eigenvalue weighted by atomic mass is 16.5. The first-order valence-electron chi connectivity index (χ1n) is 8.75. The number of aryl methyl sites for hydroxylation is 1. The van der Waals surface area contributed by atoms with E-state index in [0.717, 1.165) is 37.6 Å². The van der Waals surface area contributed by atoms with E-state index in [-0.39, 0.29) is 5.41 Å². The first-order chi connectivity index (χ1) is 10.4. The minimum Gasteiger partial charge on any atom is -0.378 e. The predicted octanol–water partition coefficient (Wildman–Crippen LogP) is 3.03. The molecule has 1 aliphatic heterocycles. The monoisotopic (exact) mass is 306 g/mol. The van der Waals surface area contributed by atoms with Gasteiger partial charge in [-0.05, 0) is 26.2 Å². The van der Waals surface area contributed by atoms with Gasteiger partial charge in [0, 0.05) is 30.5 Å². The van der Waals surface area contributed by atoms with Crippen molar-refractivity contribution in [2.75, 3.05) is 6.61 Å². The Morgan fingerprint density at radius 3 is 2.82 bits per heavy atom. The Bertz CT molecular complexity index is 523. The smallest absolute Gasteiger partial charge is 0.153 e. The normalized spacial score (nSPS) is 30.2. The van der Waals surface area contributed by atoms with Crippen LogP contribution in [0.25, 0.3) is 0 Å². The second-order valence-electron chi connectivity index (χ2n) is 7.62. The topological polar surface area (TPSA) is 52.0 Å². The third-order valence-corrected chi connectivity index (χ3v) is 5.36. The molecule has 0 radical (unpaired) electrons. The van der Waals surface area contributed by atoms with Gasteiger partial charge >= 0.3 is 0 Å². The van der Waals surface area contributed by atoms with E-state index in [1.807, 2.05) is 0 Å². The zero-order valence-electron chi connectivity index (χ0n) is 14.6. The van der Waals surface area contributed by atoms with E-state index in [1.54, 1.807) is 0 Å². The fraction of sp³-hybridized carbons (Fsp3) is 0.882. The highest BCUT2D eigenvalue weighted by Gasteiger charge is 2.49. The van der Waals surface area contributed by atoms with Gasteiger partial charge in [-0.1, -0.05) is 27.7 Å². The average molecular weight is 306 g/mol. The molecule has 1 aliphatic carbocycles. The third-order valence-electron chi connectivity index (χ3n) is 5.36. The molecule has 1 aromatic rings. The van der Waals surface area contributed by atoms with Crippen LogP contribution in [0.4, 0.5) is 0 Å². The van der Waals surface area contributed by atoms with Crippen LogP contribution in [0, 0.1) is 5.41 Å². The number of hydrogen-bond acceptors (Lipinski definition) is 4. The fourth-order valence-corrected chi connectivity index (χ4v) is 3.67. The maximum Gasteiger partial charge on any atom is 0.153 e. The van der Waals surface area contributed by atoms with Crippen molar-refractivity contribution in [3.05, 3.63) is 11.6 Å². The molecule has 22 heavy (non-hydrogen) atoms. The second kappa shape index (κ2) is 5.93. The molecule has 5 nitrogen and oxygen atoms in total. The zero-order valence-corrected chi connectivity index (χ0v) is 14.6. The van der Waals surface area contributed by atoms with Crippen LogP contribution in [0.5, 0.6) is 0 Å². The molecule has 0 bridgehead atoms. The van der Waals surface area contributed by atoms with E-state index in [2.05, 4.69) is 49.7 Å². The van der Waals surface area contributed by atoms with Gasteiger partial charge < -0.3 is 10.1 Å². The van der Waals surface area contributed by atoms with E-state index in [9.17, 15) is 0 Å². The summed E-state index contributed by atoms with van der Waals surface area (Å²) in [5.74, 6) is 2.50. The van der Waals surface area contributed by atoms with Crippen LogP contribution in [-0.4, -0.2) is 33.5 Å². The number of nitrogens with one attached hydrogen (secondary N) is 1. The Labute approximate surface area is 133 Å². The molecule has 124 valence electrons. The Hall–Kier alpha value is -0.940. The fourth-order valence-electron chi connectivity index (χ4n) is 3.67. The lowest BCUT2D eigenvalue weighted by atomic mass is 9.64. The van der Waals surface area contributed by atoms with Crippen molar-refractivity contribution in [1.82, 2.24) is 20.1 Å². The Morgan fingerprint density at radius 2 is 2.18 bits per heavy atom. The molecular formula is C17H30N4O. The predicted molar refractivity (Wildman–Crippen MR) is 86.8 cm³/mol. The van der Waals surface area contributed by atoms with Crippen LogP contribution in [0.1, 0.15) is 77.5 Å². The summed E-state index contributed by atoms with van der Waals surface area (Å²) in [5.41, 5.74) is 0.194. The summed E-state index contributed by atoms with van der Waals surface area (Å²) in [5, 5.41) is 8.51. The molecule has 5 heteroatoms. The summed E-state index contributed by atoms with van der Waals surface area (Å²) in [6, 6.07) is 0.834. The van der Waals surface area contributed by atoms with Gasteiger partial charge in [-0.2, -0.15) is 5.10 Å². The van der Waals surface area contributed by atoms with Gasteiger partial charge in [0.25, 0.3) is 0 Å². The summed E-state index contributed by atoms with van der Waals surface area (Å²) in [6.45, 7) is 12.8. The minimum absolute atomic E-state index is 0.194. The van der Waals surface area contributed by atoms with Crippen molar-refractivity contribution in [3.63, 3.8) is 0 Å². The van der Waals surface area contributed by atoms with Crippen molar-refractivity contribution in [2.24, 2.45) is 5.41 Å². The van der Waals surface area contributed by atoms with Gasteiger partial charge in [0.05, 0.1) is 12.1 Å². The molecule has 0 unspecified atom stereocenters. The number of fused-ring (bicyclic) bond motifs is 1. The van der Waals surface area contributed by atoms with E-state index >= 15 is 0 Å². The number of nitrogens with zero attached hydrogens (tertiary/aromatic N) is 3. The number of ether oxygens (including phenoxy) is 1. The summed E-state index contributed by atoms with van der Waals surface area (Å²) in [6.07, 6.45) is 3.81. The number of aromatic nitrogens is 3. The van der Waals surface area contributed by atoms with E-state index in [4.69, 9.17) is 9.72 Å². The van der Waals surface area contributed by atoms with E-state index < -0.39 is 0 Å². The molecule has 1 fully saturated rings. The average Bonchev–Trinajstić information content (AvgIpc) is 2.91. The molecule has 0 spiro atoms. The minimum atomic E-state index is 0.194. The SMILES string of the molecule is CCO[C@@H]1C[C@H](N[C@@H]2CCCn3nc(C(C)C)nc32)C1(C)C.